The van der Waals surface area contributed by atoms with E-state index in [1.165, 1.54) is 32.3 Å². The molecule has 1 aliphatic rings. The minimum absolute atomic E-state index is 0.0782. The van der Waals surface area contributed by atoms with Crippen LogP contribution in [0.25, 0.3) is 0 Å². The molecular weight excluding hydrogens is 300 g/mol. The minimum atomic E-state index is -3.57. The molecule has 1 amide bonds. The molecule has 0 atom stereocenters. The molecule has 1 aromatic rings. The summed E-state index contributed by atoms with van der Waals surface area (Å²) in [7, 11) is -0.669. The molecule has 0 radical (unpaired) electrons. The Balaban J connectivity index is 2.41. The van der Waals surface area contributed by atoms with Gasteiger partial charge in [-0.2, -0.15) is 0 Å². The van der Waals surface area contributed by atoms with Gasteiger partial charge in [0.15, 0.2) is 0 Å². The number of nitrogens with zero attached hydrogens (tertiary/aromatic N) is 2. The van der Waals surface area contributed by atoms with E-state index in [1.807, 2.05) is 0 Å². The number of hydrogen-bond acceptors (Lipinski definition) is 3. The van der Waals surface area contributed by atoms with Gasteiger partial charge in [0.1, 0.15) is 0 Å². The molecule has 0 N–H and O–H groups in total. The molecule has 2 rings (SSSR count). The van der Waals surface area contributed by atoms with Gasteiger partial charge in [-0.3, -0.25) is 4.79 Å². The molecule has 1 saturated heterocycles. The third-order valence-corrected chi connectivity index (χ3v) is 5.48. The fourth-order valence-electron chi connectivity index (χ4n) is 2.13. The van der Waals surface area contributed by atoms with Gasteiger partial charge in [-0.25, -0.2) is 12.7 Å². The molecule has 110 valence electrons. The van der Waals surface area contributed by atoms with Crippen molar-refractivity contribution in [2.24, 2.45) is 0 Å². The Hall–Kier alpha value is -1.11. The van der Waals surface area contributed by atoms with E-state index in [9.17, 15) is 13.2 Å². The van der Waals surface area contributed by atoms with Gasteiger partial charge < -0.3 is 4.90 Å². The number of likely N-dealkylation sites (tertiary alicyclic amines) is 1. The first-order valence-corrected chi connectivity index (χ1v) is 8.17. The van der Waals surface area contributed by atoms with Crippen LogP contribution in [0.2, 0.25) is 5.02 Å². The van der Waals surface area contributed by atoms with Crippen molar-refractivity contribution in [3.8, 4) is 0 Å². The smallest absolute Gasteiger partial charge is 0.255 e. The maximum Gasteiger partial charge on any atom is 0.255 e. The molecule has 0 aliphatic carbocycles. The van der Waals surface area contributed by atoms with E-state index >= 15 is 0 Å². The number of benzene rings is 1. The first kappa shape index (κ1) is 15.3. The molecule has 1 aliphatic heterocycles. The highest BCUT2D eigenvalue weighted by Gasteiger charge is 2.24. The van der Waals surface area contributed by atoms with Crippen molar-refractivity contribution in [3.05, 3.63) is 28.8 Å². The summed E-state index contributed by atoms with van der Waals surface area (Å²) in [5, 5.41) is 0.277. The molecule has 1 heterocycles. The summed E-state index contributed by atoms with van der Waals surface area (Å²) in [6, 6.07) is 4.23. The Morgan fingerprint density at radius 2 is 1.85 bits per heavy atom. The predicted molar refractivity (Wildman–Crippen MR) is 77.5 cm³/mol. The van der Waals surface area contributed by atoms with Crippen molar-refractivity contribution in [1.29, 1.82) is 0 Å². The highest BCUT2D eigenvalue weighted by atomic mass is 35.5. The maximum absolute atomic E-state index is 12.3. The molecule has 7 heteroatoms. The van der Waals surface area contributed by atoms with Crippen LogP contribution in [0.15, 0.2) is 23.1 Å². The second-order valence-electron chi connectivity index (χ2n) is 4.93. The van der Waals surface area contributed by atoms with Gasteiger partial charge in [0.05, 0.1) is 15.5 Å². The number of carbonyl (C=O) groups is 1. The van der Waals surface area contributed by atoms with E-state index in [0.717, 1.165) is 17.1 Å². The highest BCUT2D eigenvalue weighted by Crippen LogP contribution is 2.24. The molecule has 0 aromatic heterocycles. The van der Waals surface area contributed by atoms with E-state index in [-0.39, 0.29) is 21.4 Å². The van der Waals surface area contributed by atoms with Crippen LogP contribution in [-0.4, -0.2) is 50.7 Å². The zero-order valence-corrected chi connectivity index (χ0v) is 13.0. The van der Waals surface area contributed by atoms with Gasteiger partial charge in [-0.15, -0.1) is 0 Å². The largest absolute Gasteiger partial charge is 0.339 e. The molecule has 1 aromatic carbocycles. The number of hydrogen-bond donors (Lipinski definition) is 0. The van der Waals surface area contributed by atoms with Gasteiger partial charge in [0.2, 0.25) is 10.0 Å². The minimum Gasteiger partial charge on any atom is -0.339 e. The summed E-state index contributed by atoms with van der Waals surface area (Å²) in [6.07, 6.45) is 1.94. The summed E-state index contributed by atoms with van der Waals surface area (Å²) >= 11 is 6.04. The second kappa shape index (κ2) is 5.71. The SMILES string of the molecule is CN(C)S(=O)(=O)c1ccc(Cl)c(C(=O)N2CCCC2)c1. The van der Waals surface area contributed by atoms with Crippen molar-refractivity contribution in [2.45, 2.75) is 17.7 Å². The van der Waals surface area contributed by atoms with Crippen molar-refractivity contribution >= 4 is 27.5 Å². The normalized spacial score (nSPS) is 15.9. The Kier molecular flexibility index (Phi) is 4.36. The van der Waals surface area contributed by atoms with Gasteiger partial charge in [-0.05, 0) is 31.0 Å². The van der Waals surface area contributed by atoms with E-state index in [1.54, 1.807) is 4.90 Å². The molecule has 1 fully saturated rings. The van der Waals surface area contributed by atoms with Crippen molar-refractivity contribution in [3.63, 3.8) is 0 Å². The van der Waals surface area contributed by atoms with Crippen molar-refractivity contribution in [1.82, 2.24) is 9.21 Å². The van der Waals surface area contributed by atoms with Crippen LogP contribution < -0.4 is 0 Å². The molecule has 20 heavy (non-hydrogen) atoms. The predicted octanol–water partition coefficient (Wildman–Crippen LogP) is 1.83. The van der Waals surface area contributed by atoms with Crippen molar-refractivity contribution in [2.75, 3.05) is 27.2 Å². The average Bonchev–Trinajstić information content (AvgIpc) is 2.92. The fourth-order valence-corrected chi connectivity index (χ4v) is 3.26. The van der Waals surface area contributed by atoms with Crippen LogP contribution in [0.3, 0.4) is 0 Å². The summed E-state index contributed by atoms with van der Waals surface area (Å²) in [4.78, 5) is 14.1. The van der Waals surface area contributed by atoms with E-state index in [0.29, 0.717) is 13.1 Å². The molecule has 0 bridgehead atoms. The zero-order valence-electron chi connectivity index (χ0n) is 11.5. The van der Waals surface area contributed by atoms with E-state index in [4.69, 9.17) is 11.6 Å². The van der Waals surface area contributed by atoms with Gasteiger partial charge in [0.25, 0.3) is 5.91 Å². The lowest BCUT2D eigenvalue weighted by atomic mass is 10.2. The first-order chi connectivity index (χ1) is 9.34. The van der Waals surface area contributed by atoms with Gasteiger partial charge in [0, 0.05) is 27.2 Å². The monoisotopic (exact) mass is 316 g/mol. The lowest BCUT2D eigenvalue weighted by Crippen LogP contribution is -2.28. The van der Waals surface area contributed by atoms with Gasteiger partial charge >= 0.3 is 0 Å². The Morgan fingerprint density at radius 1 is 1.25 bits per heavy atom. The molecule has 0 unspecified atom stereocenters. The van der Waals surface area contributed by atoms with Crippen LogP contribution in [0.4, 0.5) is 0 Å². The Labute approximate surface area is 124 Å². The summed E-state index contributed by atoms with van der Waals surface area (Å²) in [5.41, 5.74) is 0.247. The van der Waals surface area contributed by atoms with Crippen molar-refractivity contribution < 1.29 is 13.2 Å². The Morgan fingerprint density at radius 3 is 2.40 bits per heavy atom. The van der Waals surface area contributed by atoms with Crippen LogP contribution >= 0.6 is 11.6 Å². The van der Waals surface area contributed by atoms with Crippen LogP contribution in [0.5, 0.6) is 0 Å². The number of sulfonamides is 1. The fraction of sp³-hybridized carbons (Fsp3) is 0.462. The first-order valence-electron chi connectivity index (χ1n) is 6.35. The number of halogens is 1. The second-order valence-corrected chi connectivity index (χ2v) is 7.49. The zero-order chi connectivity index (χ0) is 14.9. The number of carbonyl (C=O) groups excluding carboxylic acids is 1. The number of amides is 1. The maximum atomic E-state index is 12.3. The standard InChI is InChI=1S/C13H17ClN2O3S/c1-15(2)20(18,19)10-5-6-12(14)11(9-10)13(17)16-7-3-4-8-16/h5-6,9H,3-4,7-8H2,1-2H3. The Bertz CT molecular complexity index is 623. The average molecular weight is 317 g/mol. The summed E-state index contributed by atoms with van der Waals surface area (Å²) < 4.78 is 25.3. The van der Waals surface area contributed by atoms with Gasteiger partial charge in [-0.1, -0.05) is 11.6 Å². The lowest BCUT2D eigenvalue weighted by Gasteiger charge is -2.17. The molecular formula is C13H17ClN2O3S. The van der Waals surface area contributed by atoms with Crippen LogP contribution in [0, 0.1) is 0 Å². The number of rotatable bonds is 3. The molecule has 5 nitrogen and oxygen atoms in total. The molecule has 0 spiro atoms. The lowest BCUT2D eigenvalue weighted by molar-refractivity contribution is 0.0792. The highest BCUT2D eigenvalue weighted by molar-refractivity contribution is 7.89. The third-order valence-electron chi connectivity index (χ3n) is 3.34. The van der Waals surface area contributed by atoms with E-state index < -0.39 is 10.0 Å². The topological polar surface area (TPSA) is 57.7 Å². The van der Waals surface area contributed by atoms with Crippen LogP contribution in [-0.2, 0) is 10.0 Å². The molecule has 0 saturated carbocycles. The quantitative estimate of drug-likeness (QED) is 0.855. The van der Waals surface area contributed by atoms with E-state index in [2.05, 4.69) is 0 Å². The third kappa shape index (κ3) is 2.82. The van der Waals surface area contributed by atoms with Crippen LogP contribution in [0.1, 0.15) is 23.2 Å². The summed E-state index contributed by atoms with van der Waals surface area (Å²) in [6.45, 7) is 1.39. The summed E-state index contributed by atoms with van der Waals surface area (Å²) in [5.74, 6) is -0.205.